The van der Waals surface area contributed by atoms with Gasteiger partial charge in [0.15, 0.2) is 0 Å². The average molecular weight is 283 g/mol. The van der Waals surface area contributed by atoms with Crippen LogP contribution in [-0.2, 0) is 6.42 Å². The van der Waals surface area contributed by atoms with E-state index < -0.39 is 0 Å². The first-order valence-corrected chi connectivity index (χ1v) is 7.85. The van der Waals surface area contributed by atoms with Crippen molar-refractivity contribution < 1.29 is 0 Å². The highest BCUT2D eigenvalue weighted by Crippen LogP contribution is 2.42. The zero-order chi connectivity index (χ0) is 14.8. The van der Waals surface area contributed by atoms with E-state index in [0.29, 0.717) is 0 Å². The highest BCUT2D eigenvalue weighted by molar-refractivity contribution is 6.09. The maximum absolute atomic E-state index is 3.56. The van der Waals surface area contributed by atoms with Crippen molar-refractivity contribution in [3.8, 4) is 11.1 Å². The molecule has 0 saturated carbocycles. The zero-order valence-electron chi connectivity index (χ0n) is 12.8. The molecule has 0 amide bonds. The van der Waals surface area contributed by atoms with Crippen LogP contribution in [0.4, 0.5) is 0 Å². The molecule has 0 aliphatic heterocycles. The van der Waals surface area contributed by atoms with E-state index >= 15 is 0 Å². The van der Waals surface area contributed by atoms with Crippen LogP contribution in [0.1, 0.15) is 22.3 Å². The fourth-order valence-electron chi connectivity index (χ4n) is 3.88. The summed E-state index contributed by atoms with van der Waals surface area (Å²) >= 11 is 0. The number of hydrogen-bond donors (Lipinski definition) is 1. The molecule has 1 nitrogen and oxygen atoms in total. The summed E-state index contributed by atoms with van der Waals surface area (Å²) in [4.78, 5) is 3.56. The number of para-hydroxylation sites is 1. The summed E-state index contributed by atoms with van der Waals surface area (Å²) in [5.41, 5.74) is 11.1. The summed E-state index contributed by atoms with van der Waals surface area (Å²) in [6.07, 6.45) is 1.06. The molecule has 1 aromatic heterocycles. The molecule has 3 aromatic carbocycles. The fourth-order valence-corrected chi connectivity index (χ4v) is 3.88. The van der Waals surface area contributed by atoms with Crippen LogP contribution >= 0.6 is 0 Å². The van der Waals surface area contributed by atoms with Crippen molar-refractivity contribution in [2.24, 2.45) is 0 Å². The van der Waals surface area contributed by atoms with Crippen molar-refractivity contribution >= 4 is 21.8 Å². The summed E-state index contributed by atoms with van der Waals surface area (Å²) in [6.45, 7) is 4.46. The number of H-pyrrole nitrogens is 1. The molecule has 0 saturated heterocycles. The van der Waals surface area contributed by atoms with E-state index in [1.54, 1.807) is 0 Å². The first-order chi connectivity index (χ1) is 10.7. The second-order valence-electron chi connectivity index (χ2n) is 6.44. The van der Waals surface area contributed by atoms with Crippen molar-refractivity contribution in [3.63, 3.8) is 0 Å². The van der Waals surface area contributed by atoms with Gasteiger partial charge in [-0.25, -0.2) is 0 Å². The van der Waals surface area contributed by atoms with Crippen LogP contribution < -0.4 is 0 Å². The van der Waals surface area contributed by atoms with Gasteiger partial charge in [0.1, 0.15) is 0 Å². The number of aromatic amines is 1. The lowest BCUT2D eigenvalue weighted by Gasteiger charge is -2.07. The van der Waals surface area contributed by atoms with Crippen molar-refractivity contribution in [1.29, 1.82) is 0 Å². The minimum absolute atomic E-state index is 1.06. The van der Waals surface area contributed by atoms with E-state index in [-0.39, 0.29) is 0 Å². The SMILES string of the molecule is Cc1ccc2c(c1C)Cc1cc3[nH]c4ccccc4c3cc1-2. The van der Waals surface area contributed by atoms with Gasteiger partial charge in [0.05, 0.1) is 0 Å². The standard InChI is InChI=1S/C21H17N/c1-12-7-8-15-17(13(12)2)9-14-10-21-19(11-18(14)15)16-5-3-4-6-20(16)22-21/h3-8,10-11,22H,9H2,1-2H3. The van der Waals surface area contributed by atoms with Gasteiger partial charge in [0, 0.05) is 21.8 Å². The minimum atomic E-state index is 1.06. The van der Waals surface area contributed by atoms with Gasteiger partial charge in [-0.1, -0.05) is 30.3 Å². The predicted octanol–water partition coefficient (Wildman–Crippen LogP) is 5.51. The molecule has 1 heteroatoms. The van der Waals surface area contributed by atoms with Gasteiger partial charge >= 0.3 is 0 Å². The van der Waals surface area contributed by atoms with E-state index in [1.165, 1.54) is 55.2 Å². The molecule has 5 rings (SSSR count). The lowest BCUT2D eigenvalue weighted by atomic mass is 9.98. The number of benzene rings is 3. The lowest BCUT2D eigenvalue weighted by molar-refractivity contribution is 1.19. The average Bonchev–Trinajstić information content (AvgIpc) is 3.06. The van der Waals surface area contributed by atoms with Crippen LogP contribution in [0, 0.1) is 13.8 Å². The van der Waals surface area contributed by atoms with Gasteiger partial charge in [-0.2, -0.15) is 0 Å². The first kappa shape index (κ1) is 12.0. The molecule has 0 radical (unpaired) electrons. The summed E-state index contributed by atoms with van der Waals surface area (Å²) < 4.78 is 0. The van der Waals surface area contributed by atoms with Crippen molar-refractivity contribution in [3.05, 3.63) is 70.8 Å². The molecule has 106 valence electrons. The molecule has 1 heterocycles. The number of hydrogen-bond acceptors (Lipinski definition) is 0. The Morgan fingerprint density at radius 2 is 1.68 bits per heavy atom. The second kappa shape index (κ2) is 4.01. The second-order valence-corrected chi connectivity index (χ2v) is 6.44. The van der Waals surface area contributed by atoms with Gasteiger partial charge in [0.2, 0.25) is 0 Å². The summed E-state index contributed by atoms with van der Waals surface area (Å²) in [5, 5.41) is 2.65. The van der Waals surface area contributed by atoms with E-state index in [2.05, 4.69) is 67.4 Å². The summed E-state index contributed by atoms with van der Waals surface area (Å²) in [7, 11) is 0. The number of fused-ring (bicyclic) bond motifs is 6. The Kier molecular flexibility index (Phi) is 2.20. The highest BCUT2D eigenvalue weighted by Gasteiger charge is 2.22. The van der Waals surface area contributed by atoms with E-state index in [0.717, 1.165) is 6.42 Å². The molecule has 4 aromatic rings. The monoisotopic (exact) mass is 283 g/mol. The topological polar surface area (TPSA) is 15.8 Å². The summed E-state index contributed by atoms with van der Waals surface area (Å²) in [6, 6.07) is 17.8. The Bertz CT molecular complexity index is 1070. The Labute approximate surface area is 129 Å². The molecule has 1 aliphatic rings. The predicted molar refractivity (Wildman–Crippen MR) is 93.5 cm³/mol. The Morgan fingerprint density at radius 1 is 0.818 bits per heavy atom. The molecular formula is C21H17N. The molecule has 0 fully saturated rings. The molecule has 0 atom stereocenters. The van der Waals surface area contributed by atoms with Crippen LogP contribution in [0.3, 0.4) is 0 Å². The Hall–Kier alpha value is -2.54. The fraction of sp³-hybridized carbons (Fsp3) is 0.143. The highest BCUT2D eigenvalue weighted by atomic mass is 14.7. The largest absolute Gasteiger partial charge is 0.355 e. The number of aromatic nitrogens is 1. The molecule has 1 aliphatic carbocycles. The molecule has 1 N–H and O–H groups in total. The third-order valence-electron chi connectivity index (χ3n) is 5.26. The third-order valence-corrected chi connectivity index (χ3v) is 5.26. The quantitative estimate of drug-likeness (QED) is 0.386. The molecular weight excluding hydrogens is 266 g/mol. The Balaban J connectivity index is 1.87. The van der Waals surface area contributed by atoms with Crippen LogP contribution in [0.5, 0.6) is 0 Å². The lowest BCUT2D eigenvalue weighted by Crippen LogP contribution is -1.89. The Morgan fingerprint density at radius 3 is 2.59 bits per heavy atom. The smallest absolute Gasteiger partial charge is 0.0468 e. The van der Waals surface area contributed by atoms with Crippen molar-refractivity contribution in [1.82, 2.24) is 4.98 Å². The molecule has 0 unspecified atom stereocenters. The zero-order valence-corrected chi connectivity index (χ0v) is 12.8. The van der Waals surface area contributed by atoms with Gasteiger partial charge in [-0.15, -0.1) is 0 Å². The van der Waals surface area contributed by atoms with E-state index in [1.807, 2.05) is 0 Å². The van der Waals surface area contributed by atoms with Gasteiger partial charge in [-0.05, 0) is 71.8 Å². The number of rotatable bonds is 0. The van der Waals surface area contributed by atoms with Crippen molar-refractivity contribution in [2.75, 3.05) is 0 Å². The van der Waals surface area contributed by atoms with Gasteiger partial charge in [-0.3, -0.25) is 0 Å². The maximum atomic E-state index is 3.56. The number of nitrogens with one attached hydrogen (secondary N) is 1. The maximum Gasteiger partial charge on any atom is 0.0468 e. The summed E-state index contributed by atoms with van der Waals surface area (Å²) in [5.74, 6) is 0. The van der Waals surface area contributed by atoms with Crippen LogP contribution in [-0.4, -0.2) is 4.98 Å². The molecule has 22 heavy (non-hydrogen) atoms. The van der Waals surface area contributed by atoms with Gasteiger partial charge < -0.3 is 4.98 Å². The molecule has 0 bridgehead atoms. The van der Waals surface area contributed by atoms with Crippen LogP contribution in [0.2, 0.25) is 0 Å². The number of aryl methyl sites for hydroxylation is 1. The van der Waals surface area contributed by atoms with Crippen LogP contribution in [0.25, 0.3) is 32.9 Å². The van der Waals surface area contributed by atoms with Crippen LogP contribution in [0.15, 0.2) is 48.5 Å². The van der Waals surface area contributed by atoms with E-state index in [4.69, 9.17) is 0 Å². The minimum Gasteiger partial charge on any atom is -0.355 e. The first-order valence-electron chi connectivity index (χ1n) is 7.85. The molecule has 0 spiro atoms. The third kappa shape index (κ3) is 1.43. The normalized spacial score (nSPS) is 12.8. The van der Waals surface area contributed by atoms with E-state index in [9.17, 15) is 0 Å². The van der Waals surface area contributed by atoms with Gasteiger partial charge in [0.25, 0.3) is 0 Å². The van der Waals surface area contributed by atoms with Crippen molar-refractivity contribution in [2.45, 2.75) is 20.3 Å².